The van der Waals surface area contributed by atoms with E-state index in [9.17, 15) is 4.79 Å². The fourth-order valence-electron chi connectivity index (χ4n) is 1.13. The Labute approximate surface area is 110 Å². The van der Waals surface area contributed by atoms with Crippen molar-refractivity contribution in [2.24, 2.45) is 0 Å². The van der Waals surface area contributed by atoms with Crippen LogP contribution in [0.15, 0.2) is 18.2 Å². The van der Waals surface area contributed by atoms with Crippen LogP contribution in [0.1, 0.15) is 23.7 Å². The van der Waals surface area contributed by atoms with E-state index in [0.29, 0.717) is 22.2 Å². The van der Waals surface area contributed by atoms with Gasteiger partial charge in [-0.1, -0.05) is 30.1 Å². The molecular formula is C11H12Cl3NO. The average Bonchev–Trinajstić information content (AvgIpc) is 2.23. The lowest BCUT2D eigenvalue weighted by Gasteiger charge is -2.09. The van der Waals surface area contributed by atoms with Crippen LogP contribution in [0.5, 0.6) is 0 Å². The number of hydrogen-bond donors (Lipinski definition) is 1. The zero-order valence-electron chi connectivity index (χ0n) is 8.77. The first kappa shape index (κ1) is 13.6. The lowest BCUT2D eigenvalue weighted by Crippen LogP contribution is -2.29. The largest absolute Gasteiger partial charge is 0.351 e. The summed E-state index contributed by atoms with van der Waals surface area (Å²) in [5.41, 5.74) is 0.442. The molecular weight excluding hydrogens is 268 g/mol. The summed E-state index contributed by atoms with van der Waals surface area (Å²) in [4.78, 5) is 11.7. The summed E-state index contributed by atoms with van der Waals surface area (Å²) in [6.07, 6.45) is 0.804. The van der Waals surface area contributed by atoms with E-state index in [1.807, 2.05) is 6.92 Å². The SMILES string of the molecule is CCC(Cl)CNC(=O)c1cc(Cl)cc(Cl)c1. The van der Waals surface area contributed by atoms with E-state index in [1.54, 1.807) is 18.2 Å². The zero-order chi connectivity index (χ0) is 12.1. The normalized spacial score (nSPS) is 12.2. The van der Waals surface area contributed by atoms with Crippen LogP contribution in [-0.4, -0.2) is 17.8 Å². The number of benzene rings is 1. The number of amides is 1. The summed E-state index contributed by atoms with van der Waals surface area (Å²) < 4.78 is 0. The van der Waals surface area contributed by atoms with Crippen LogP contribution < -0.4 is 5.32 Å². The van der Waals surface area contributed by atoms with Gasteiger partial charge in [0.1, 0.15) is 0 Å². The molecule has 0 bridgehead atoms. The molecule has 0 fully saturated rings. The van der Waals surface area contributed by atoms with Crippen molar-refractivity contribution in [2.75, 3.05) is 6.54 Å². The molecule has 0 radical (unpaired) electrons. The molecule has 0 heterocycles. The Hall–Kier alpha value is -0.440. The van der Waals surface area contributed by atoms with Crippen molar-refractivity contribution in [2.45, 2.75) is 18.7 Å². The lowest BCUT2D eigenvalue weighted by molar-refractivity contribution is 0.0953. The standard InChI is InChI=1S/C11H12Cl3NO/c1-2-8(12)6-15-11(16)7-3-9(13)5-10(14)4-7/h3-5,8H,2,6H2,1H3,(H,15,16). The van der Waals surface area contributed by atoms with Crippen LogP contribution in [-0.2, 0) is 0 Å². The van der Waals surface area contributed by atoms with Gasteiger partial charge in [0, 0.05) is 22.2 Å². The Kier molecular flexibility index (Phi) is 5.39. The van der Waals surface area contributed by atoms with Crippen LogP contribution in [0.3, 0.4) is 0 Å². The minimum absolute atomic E-state index is 0.0568. The van der Waals surface area contributed by atoms with Crippen LogP contribution in [0, 0.1) is 0 Å². The first-order valence-corrected chi connectivity index (χ1v) is 6.10. The summed E-state index contributed by atoms with van der Waals surface area (Å²) in [7, 11) is 0. The molecule has 1 aromatic rings. The third kappa shape index (κ3) is 4.20. The number of rotatable bonds is 4. The van der Waals surface area contributed by atoms with E-state index >= 15 is 0 Å². The molecule has 0 aliphatic carbocycles. The molecule has 0 spiro atoms. The van der Waals surface area contributed by atoms with Crippen LogP contribution in [0.2, 0.25) is 10.0 Å². The monoisotopic (exact) mass is 279 g/mol. The van der Waals surface area contributed by atoms with Gasteiger partial charge in [-0.25, -0.2) is 0 Å². The van der Waals surface area contributed by atoms with Gasteiger partial charge >= 0.3 is 0 Å². The summed E-state index contributed by atoms with van der Waals surface area (Å²) in [5.74, 6) is -0.219. The van der Waals surface area contributed by atoms with Gasteiger partial charge in [-0.05, 0) is 24.6 Å². The first-order chi connectivity index (χ1) is 7.52. The van der Waals surface area contributed by atoms with Gasteiger partial charge in [0.15, 0.2) is 0 Å². The Balaban J connectivity index is 2.66. The second-order valence-corrected chi connectivity index (χ2v) is 4.86. The van der Waals surface area contributed by atoms with Crippen molar-refractivity contribution >= 4 is 40.7 Å². The van der Waals surface area contributed by atoms with Crippen molar-refractivity contribution in [1.29, 1.82) is 0 Å². The van der Waals surface area contributed by atoms with Gasteiger partial charge in [-0.2, -0.15) is 0 Å². The maximum absolute atomic E-state index is 11.7. The van der Waals surface area contributed by atoms with E-state index in [4.69, 9.17) is 34.8 Å². The van der Waals surface area contributed by atoms with E-state index in [1.165, 1.54) is 0 Å². The lowest BCUT2D eigenvalue weighted by atomic mass is 10.2. The van der Waals surface area contributed by atoms with Gasteiger partial charge in [-0.3, -0.25) is 4.79 Å². The van der Waals surface area contributed by atoms with E-state index < -0.39 is 0 Å². The Bertz CT molecular complexity index is 361. The maximum Gasteiger partial charge on any atom is 0.251 e. The second-order valence-electron chi connectivity index (χ2n) is 3.37. The predicted molar refractivity (Wildman–Crippen MR) is 68.7 cm³/mol. The van der Waals surface area contributed by atoms with Crippen molar-refractivity contribution in [3.8, 4) is 0 Å². The van der Waals surface area contributed by atoms with E-state index in [-0.39, 0.29) is 11.3 Å². The molecule has 0 saturated heterocycles. The molecule has 2 nitrogen and oxygen atoms in total. The molecule has 1 atom stereocenters. The van der Waals surface area contributed by atoms with Crippen molar-refractivity contribution in [1.82, 2.24) is 5.32 Å². The fraction of sp³-hybridized carbons (Fsp3) is 0.364. The van der Waals surface area contributed by atoms with E-state index in [0.717, 1.165) is 6.42 Å². The number of hydrogen-bond acceptors (Lipinski definition) is 1. The molecule has 0 aromatic heterocycles. The smallest absolute Gasteiger partial charge is 0.251 e. The topological polar surface area (TPSA) is 29.1 Å². The van der Waals surface area contributed by atoms with Crippen LogP contribution in [0.4, 0.5) is 0 Å². The van der Waals surface area contributed by atoms with Gasteiger partial charge < -0.3 is 5.32 Å². The molecule has 1 rings (SSSR count). The highest BCUT2D eigenvalue weighted by Crippen LogP contribution is 2.18. The molecule has 1 amide bonds. The summed E-state index contributed by atoms with van der Waals surface area (Å²) in [6.45, 7) is 2.39. The number of carbonyl (C=O) groups is 1. The van der Waals surface area contributed by atoms with E-state index in [2.05, 4.69) is 5.32 Å². The summed E-state index contributed by atoms with van der Waals surface area (Å²) in [6, 6.07) is 4.71. The number of alkyl halides is 1. The fourth-order valence-corrected chi connectivity index (χ4v) is 1.74. The number of carbonyl (C=O) groups excluding carboxylic acids is 1. The number of nitrogens with one attached hydrogen (secondary N) is 1. The summed E-state index contributed by atoms with van der Waals surface area (Å²) in [5, 5.41) is 3.54. The Morgan fingerprint density at radius 2 is 1.88 bits per heavy atom. The predicted octanol–water partition coefficient (Wildman–Crippen LogP) is 3.74. The average molecular weight is 281 g/mol. The highest BCUT2D eigenvalue weighted by atomic mass is 35.5. The molecule has 0 aliphatic heterocycles. The molecule has 1 aromatic carbocycles. The quantitative estimate of drug-likeness (QED) is 0.836. The third-order valence-electron chi connectivity index (χ3n) is 2.05. The minimum Gasteiger partial charge on any atom is -0.351 e. The Morgan fingerprint density at radius 1 is 1.31 bits per heavy atom. The van der Waals surface area contributed by atoms with Crippen molar-refractivity contribution in [3.63, 3.8) is 0 Å². The Morgan fingerprint density at radius 3 is 2.38 bits per heavy atom. The molecule has 16 heavy (non-hydrogen) atoms. The van der Waals surface area contributed by atoms with Crippen LogP contribution in [0.25, 0.3) is 0 Å². The molecule has 1 N–H and O–H groups in total. The highest BCUT2D eigenvalue weighted by molar-refractivity contribution is 6.35. The number of halogens is 3. The van der Waals surface area contributed by atoms with Gasteiger partial charge in [-0.15, -0.1) is 11.6 Å². The molecule has 0 aliphatic rings. The van der Waals surface area contributed by atoms with Crippen LogP contribution >= 0.6 is 34.8 Å². The van der Waals surface area contributed by atoms with Gasteiger partial charge in [0.05, 0.1) is 5.38 Å². The first-order valence-electron chi connectivity index (χ1n) is 4.91. The molecule has 88 valence electrons. The zero-order valence-corrected chi connectivity index (χ0v) is 11.0. The molecule has 1 unspecified atom stereocenters. The van der Waals surface area contributed by atoms with Crippen molar-refractivity contribution in [3.05, 3.63) is 33.8 Å². The summed E-state index contributed by atoms with van der Waals surface area (Å²) >= 11 is 17.5. The molecule has 0 saturated carbocycles. The van der Waals surface area contributed by atoms with Crippen molar-refractivity contribution < 1.29 is 4.79 Å². The third-order valence-corrected chi connectivity index (χ3v) is 2.95. The molecule has 5 heteroatoms. The maximum atomic E-state index is 11.7. The second kappa shape index (κ2) is 6.33. The minimum atomic E-state index is -0.219. The van der Waals surface area contributed by atoms with Gasteiger partial charge in [0.2, 0.25) is 0 Å². The highest BCUT2D eigenvalue weighted by Gasteiger charge is 2.09. The van der Waals surface area contributed by atoms with Gasteiger partial charge in [0.25, 0.3) is 5.91 Å².